The van der Waals surface area contributed by atoms with E-state index in [4.69, 9.17) is 5.73 Å². The lowest BCUT2D eigenvalue weighted by Gasteiger charge is -2.00. The van der Waals surface area contributed by atoms with Crippen LogP contribution in [0.25, 0.3) is 0 Å². The van der Waals surface area contributed by atoms with Crippen LogP contribution in [0.15, 0.2) is 12.1 Å². The molecule has 0 bridgehead atoms. The first-order valence-corrected chi connectivity index (χ1v) is 4.96. The summed E-state index contributed by atoms with van der Waals surface area (Å²) in [5.74, 6) is 1.78. The molecule has 0 radical (unpaired) electrons. The highest BCUT2D eigenvalue weighted by molar-refractivity contribution is 5.37. The first kappa shape index (κ1) is 12.6. The molecule has 0 aliphatic carbocycles. The van der Waals surface area contributed by atoms with Crippen molar-refractivity contribution >= 4 is 0 Å². The van der Waals surface area contributed by atoms with Gasteiger partial charge in [-0.25, -0.2) is 13.2 Å². The first-order chi connectivity index (χ1) is 7.54. The van der Waals surface area contributed by atoms with Gasteiger partial charge in [-0.1, -0.05) is 25.2 Å². The third kappa shape index (κ3) is 3.28. The van der Waals surface area contributed by atoms with Gasteiger partial charge in [0, 0.05) is 6.07 Å². The quantitative estimate of drug-likeness (QED) is 0.610. The summed E-state index contributed by atoms with van der Waals surface area (Å²) < 4.78 is 38.5. The topological polar surface area (TPSA) is 26.0 Å². The molecule has 0 saturated carbocycles. The van der Waals surface area contributed by atoms with Gasteiger partial charge in [0.15, 0.2) is 11.6 Å². The summed E-state index contributed by atoms with van der Waals surface area (Å²) in [6.45, 7) is 1.94. The Balaban J connectivity index is 2.93. The molecule has 0 spiro atoms. The van der Waals surface area contributed by atoms with Gasteiger partial charge < -0.3 is 5.73 Å². The van der Waals surface area contributed by atoms with Crippen LogP contribution in [-0.4, -0.2) is 6.04 Å². The van der Waals surface area contributed by atoms with Crippen molar-refractivity contribution in [2.45, 2.75) is 25.8 Å². The first-order valence-electron chi connectivity index (χ1n) is 4.96. The number of hydrogen-bond acceptors (Lipinski definition) is 1. The van der Waals surface area contributed by atoms with Crippen LogP contribution >= 0.6 is 0 Å². The van der Waals surface area contributed by atoms with E-state index >= 15 is 0 Å². The molecular weight excluding hydrogens is 215 g/mol. The van der Waals surface area contributed by atoms with Gasteiger partial charge in [-0.15, -0.1) is 0 Å². The van der Waals surface area contributed by atoms with Crippen LogP contribution in [0, 0.1) is 29.3 Å². The number of rotatable bonds is 2. The van der Waals surface area contributed by atoms with Gasteiger partial charge in [-0.05, 0) is 12.5 Å². The summed E-state index contributed by atoms with van der Waals surface area (Å²) in [6, 6.07) is 0.832. The van der Waals surface area contributed by atoms with Crippen molar-refractivity contribution in [2.24, 2.45) is 5.73 Å². The maximum atomic E-state index is 13.1. The summed E-state index contributed by atoms with van der Waals surface area (Å²) in [5, 5.41) is 0. The zero-order valence-corrected chi connectivity index (χ0v) is 8.86. The summed E-state index contributed by atoms with van der Waals surface area (Å²) in [6.07, 6.45) is 1.54. The van der Waals surface area contributed by atoms with Crippen LogP contribution in [0.1, 0.15) is 25.3 Å². The van der Waals surface area contributed by atoms with E-state index in [2.05, 4.69) is 11.8 Å². The third-order valence-corrected chi connectivity index (χ3v) is 2.00. The molecule has 0 aliphatic heterocycles. The Bertz CT molecular complexity index is 432. The zero-order valence-electron chi connectivity index (χ0n) is 8.86. The Morgan fingerprint density at radius 1 is 1.19 bits per heavy atom. The van der Waals surface area contributed by atoms with Gasteiger partial charge >= 0.3 is 0 Å². The maximum absolute atomic E-state index is 13.1. The molecule has 1 aromatic rings. The second-order valence-corrected chi connectivity index (χ2v) is 3.41. The molecule has 2 N–H and O–H groups in total. The minimum Gasteiger partial charge on any atom is -0.318 e. The highest BCUT2D eigenvalue weighted by atomic mass is 19.2. The molecule has 16 heavy (non-hydrogen) atoms. The highest BCUT2D eigenvalue weighted by Crippen LogP contribution is 2.12. The Morgan fingerprint density at radius 3 is 2.44 bits per heavy atom. The average molecular weight is 227 g/mol. The molecule has 1 nitrogen and oxygen atoms in total. The molecule has 0 saturated heterocycles. The van der Waals surface area contributed by atoms with Crippen molar-refractivity contribution in [1.29, 1.82) is 0 Å². The summed E-state index contributed by atoms with van der Waals surface area (Å²) >= 11 is 0. The second-order valence-electron chi connectivity index (χ2n) is 3.41. The summed E-state index contributed by atoms with van der Waals surface area (Å²) in [7, 11) is 0. The molecule has 0 aromatic heterocycles. The van der Waals surface area contributed by atoms with E-state index in [1.54, 1.807) is 0 Å². The molecule has 0 amide bonds. The maximum Gasteiger partial charge on any atom is 0.161 e. The monoisotopic (exact) mass is 227 g/mol. The Morgan fingerprint density at radius 2 is 1.81 bits per heavy atom. The van der Waals surface area contributed by atoms with E-state index in [1.165, 1.54) is 0 Å². The van der Waals surface area contributed by atoms with Crippen molar-refractivity contribution in [1.82, 2.24) is 0 Å². The zero-order chi connectivity index (χ0) is 12.1. The van der Waals surface area contributed by atoms with E-state index in [1.807, 2.05) is 6.92 Å². The van der Waals surface area contributed by atoms with Crippen LogP contribution in [0.4, 0.5) is 13.2 Å². The minimum absolute atomic E-state index is 0.176. The lowest BCUT2D eigenvalue weighted by molar-refractivity contribution is 0.494. The molecule has 1 atom stereocenters. The van der Waals surface area contributed by atoms with Crippen LogP contribution in [0.2, 0.25) is 0 Å². The molecule has 1 unspecified atom stereocenters. The lowest BCUT2D eigenvalue weighted by atomic mass is 10.1. The van der Waals surface area contributed by atoms with Crippen molar-refractivity contribution < 1.29 is 13.2 Å². The number of halogens is 3. The van der Waals surface area contributed by atoms with E-state index < -0.39 is 17.5 Å². The van der Waals surface area contributed by atoms with Crippen LogP contribution < -0.4 is 5.73 Å². The van der Waals surface area contributed by atoms with E-state index in [0.29, 0.717) is 12.5 Å². The number of nitrogens with two attached hydrogens (primary N) is 1. The lowest BCUT2D eigenvalue weighted by Crippen LogP contribution is -2.16. The fourth-order valence-corrected chi connectivity index (χ4v) is 1.17. The highest BCUT2D eigenvalue weighted by Gasteiger charge is 2.07. The standard InChI is InChI=1S/C12H12F3N/c1-2-3-9(16)5-4-8-6-11(14)12(15)7-10(8)13/h6-7,9H,2-3,16H2,1H3. The van der Waals surface area contributed by atoms with Crippen molar-refractivity contribution in [3.8, 4) is 11.8 Å². The van der Waals surface area contributed by atoms with Crippen LogP contribution in [0.3, 0.4) is 0 Å². The van der Waals surface area contributed by atoms with Crippen molar-refractivity contribution in [2.75, 3.05) is 0 Å². The molecule has 0 heterocycles. The molecular formula is C12H12F3N. The Kier molecular flexibility index (Phi) is 4.39. The predicted molar refractivity (Wildman–Crippen MR) is 56.1 cm³/mol. The SMILES string of the molecule is CCCC(N)C#Cc1cc(F)c(F)cc1F. The Hall–Kier alpha value is -1.47. The molecule has 4 heteroatoms. The third-order valence-electron chi connectivity index (χ3n) is 2.00. The molecule has 1 rings (SSSR count). The smallest absolute Gasteiger partial charge is 0.161 e. The van der Waals surface area contributed by atoms with Crippen LogP contribution in [0.5, 0.6) is 0 Å². The van der Waals surface area contributed by atoms with E-state index in [-0.39, 0.29) is 11.6 Å². The van der Waals surface area contributed by atoms with Gasteiger partial charge in [0.1, 0.15) is 5.82 Å². The predicted octanol–water partition coefficient (Wildman–Crippen LogP) is 2.58. The van der Waals surface area contributed by atoms with Crippen molar-refractivity contribution in [3.63, 3.8) is 0 Å². The van der Waals surface area contributed by atoms with E-state index in [9.17, 15) is 13.2 Å². The molecule has 1 aromatic carbocycles. The largest absolute Gasteiger partial charge is 0.318 e. The van der Waals surface area contributed by atoms with Gasteiger partial charge in [-0.3, -0.25) is 0 Å². The summed E-state index contributed by atoms with van der Waals surface area (Å²) in [4.78, 5) is 0. The fraction of sp³-hybridized carbons (Fsp3) is 0.333. The Labute approximate surface area is 92.5 Å². The van der Waals surface area contributed by atoms with Crippen LogP contribution in [-0.2, 0) is 0 Å². The molecule has 86 valence electrons. The normalized spacial score (nSPS) is 11.8. The van der Waals surface area contributed by atoms with E-state index in [0.717, 1.165) is 12.5 Å². The van der Waals surface area contributed by atoms with Gasteiger partial charge in [0.25, 0.3) is 0 Å². The molecule has 0 aliphatic rings. The fourth-order valence-electron chi connectivity index (χ4n) is 1.17. The molecule has 0 fully saturated rings. The second kappa shape index (κ2) is 5.57. The van der Waals surface area contributed by atoms with Crippen molar-refractivity contribution in [3.05, 3.63) is 35.1 Å². The minimum atomic E-state index is -1.22. The average Bonchev–Trinajstić information content (AvgIpc) is 2.22. The number of benzene rings is 1. The van der Waals surface area contributed by atoms with Gasteiger partial charge in [0.05, 0.1) is 11.6 Å². The van der Waals surface area contributed by atoms with Gasteiger partial charge in [-0.2, -0.15) is 0 Å². The van der Waals surface area contributed by atoms with Gasteiger partial charge in [0.2, 0.25) is 0 Å². The number of hydrogen-bond donors (Lipinski definition) is 1. The summed E-state index contributed by atoms with van der Waals surface area (Å²) in [5.41, 5.74) is 5.41.